The van der Waals surface area contributed by atoms with Crippen LogP contribution in [0, 0.1) is 11.3 Å². The van der Waals surface area contributed by atoms with Crippen LogP contribution in [0.2, 0.25) is 0 Å². The Balaban J connectivity index is 2.67. The Bertz CT molecular complexity index is 666. The minimum atomic E-state index is -3.61. The van der Waals surface area contributed by atoms with Gasteiger partial charge in [0.25, 0.3) is 0 Å². The molecule has 2 rings (SSSR count). The number of fused-ring (bicyclic) bond motifs is 1. The first-order valence-corrected chi connectivity index (χ1v) is 7.66. The summed E-state index contributed by atoms with van der Waals surface area (Å²) in [4.78, 5) is 4.11. The lowest BCUT2D eigenvalue weighted by Crippen LogP contribution is -2.42. The molecule has 0 radical (unpaired) electrons. The fourth-order valence-corrected chi connectivity index (χ4v) is 2.89. The second kappa shape index (κ2) is 4.36. The van der Waals surface area contributed by atoms with E-state index < -0.39 is 9.84 Å². The Hall–Kier alpha value is -1.85. The van der Waals surface area contributed by atoms with E-state index in [1.165, 1.54) is 5.01 Å². The van der Waals surface area contributed by atoms with E-state index in [4.69, 9.17) is 11.0 Å². The van der Waals surface area contributed by atoms with Gasteiger partial charge in [-0.2, -0.15) is 5.26 Å². The van der Waals surface area contributed by atoms with Gasteiger partial charge in [0.15, 0.2) is 20.7 Å². The molecule has 0 saturated heterocycles. The Labute approximate surface area is 112 Å². The van der Waals surface area contributed by atoms with Crippen LogP contribution in [-0.2, 0) is 9.84 Å². The van der Waals surface area contributed by atoms with E-state index in [-0.39, 0.29) is 22.5 Å². The van der Waals surface area contributed by atoms with Gasteiger partial charge in [0.1, 0.15) is 17.5 Å². The standard InChI is InChI=1S/C11H15N5O2S/c1-4-8-6(2)10-14-11(19(3,17)18)7(5-12)9(13)16(10)15-8/h8,15H,4,13H2,1-3H3. The number of nitrogens with zero attached hydrogens (tertiary/aromatic N) is 3. The van der Waals surface area contributed by atoms with Crippen LogP contribution in [0.15, 0.2) is 27.8 Å². The van der Waals surface area contributed by atoms with Crippen molar-refractivity contribution < 1.29 is 8.42 Å². The van der Waals surface area contributed by atoms with Crippen LogP contribution >= 0.6 is 0 Å². The van der Waals surface area contributed by atoms with Gasteiger partial charge in [0.2, 0.25) is 0 Å². The summed E-state index contributed by atoms with van der Waals surface area (Å²) in [5.41, 5.74) is 9.77. The smallest absolute Gasteiger partial charge is 0.194 e. The summed E-state index contributed by atoms with van der Waals surface area (Å²) >= 11 is 0. The van der Waals surface area contributed by atoms with Crippen LogP contribution in [0.1, 0.15) is 20.3 Å². The van der Waals surface area contributed by atoms with Crippen molar-refractivity contribution in [2.45, 2.75) is 26.3 Å². The second-order valence-electron chi connectivity index (χ2n) is 4.49. The van der Waals surface area contributed by atoms with Crippen LogP contribution in [-0.4, -0.2) is 30.8 Å². The first-order valence-electron chi connectivity index (χ1n) is 5.77. The largest absolute Gasteiger partial charge is 0.383 e. The average molecular weight is 281 g/mol. The van der Waals surface area contributed by atoms with Gasteiger partial charge in [-0.15, -0.1) is 0 Å². The molecule has 102 valence electrons. The van der Waals surface area contributed by atoms with Crippen LogP contribution in [0.5, 0.6) is 0 Å². The van der Waals surface area contributed by atoms with Crippen molar-refractivity contribution >= 4 is 14.9 Å². The number of aliphatic imine (C=N–C) groups is 1. The van der Waals surface area contributed by atoms with Gasteiger partial charge in [-0.3, -0.25) is 0 Å². The van der Waals surface area contributed by atoms with Crippen molar-refractivity contribution in [1.82, 2.24) is 10.4 Å². The predicted octanol–water partition coefficient (Wildman–Crippen LogP) is -0.0327. The molecule has 1 unspecified atom stereocenters. The van der Waals surface area contributed by atoms with Gasteiger partial charge in [0, 0.05) is 6.26 Å². The maximum absolute atomic E-state index is 11.7. The molecule has 0 aromatic rings. The summed E-state index contributed by atoms with van der Waals surface area (Å²) in [5.74, 6) is 0.534. The molecule has 2 aliphatic heterocycles. The molecule has 7 nitrogen and oxygen atoms in total. The number of nitriles is 1. The van der Waals surface area contributed by atoms with Gasteiger partial charge in [-0.1, -0.05) is 6.92 Å². The molecule has 8 heteroatoms. The van der Waals surface area contributed by atoms with Crippen LogP contribution in [0.25, 0.3) is 0 Å². The van der Waals surface area contributed by atoms with Gasteiger partial charge < -0.3 is 5.73 Å². The predicted molar refractivity (Wildman–Crippen MR) is 70.9 cm³/mol. The Morgan fingerprint density at radius 2 is 2.21 bits per heavy atom. The van der Waals surface area contributed by atoms with E-state index in [0.717, 1.165) is 18.2 Å². The molecule has 2 aliphatic rings. The van der Waals surface area contributed by atoms with Crippen LogP contribution in [0.3, 0.4) is 0 Å². The SMILES string of the molecule is CCC1NN2C(N)=C(C#N)C(S(C)(=O)=O)=NC2=C1C. The maximum atomic E-state index is 11.7. The lowest BCUT2D eigenvalue weighted by molar-refractivity contribution is 0.304. The van der Waals surface area contributed by atoms with Gasteiger partial charge in [-0.25, -0.2) is 23.8 Å². The molecule has 2 heterocycles. The average Bonchev–Trinajstić information content (AvgIpc) is 2.65. The van der Waals surface area contributed by atoms with Crippen molar-refractivity contribution in [3.63, 3.8) is 0 Å². The summed E-state index contributed by atoms with van der Waals surface area (Å²) in [6.07, 6.45) is 1.83. The first-order chi connectivity index (χ1) is 8.81. The Kier molecular flexibility index (Phi) is 3.12. The Morgan fingerprint density at radius 3 is 2.68 bits per heavy atom. The third-order valence-corrected chi connectivity index (χ3v) is 4.16. The molecule has 0 bridgehead atoms. The molecule has 0 fully saturated rings. The van der Waals surface area contributed by atoms with E-state index in [0.29, 0.717) is 5.82 Å². The number of sulfone groups is 1. The third-order valence-electron chi connectivity index (χ3n) is 3.16. The van der Waals surface area contributed by atoms with Crippen LogP contribution < -0.4 is 11.2 Å². The molecule has 0 amide bonds. The maximum Gasteiger partial charge on any atom is 0.194 e. The van der Waals surface area contributed by atoms with Crippen molar-refractivity contribution in [2.24, 2.45) is 10.7 Å². The normalized spacial score (nSPS) is 23.4. The highest BCUT2D eigenvalue weighted by molar-refractivity contribution is 8.06. The van der Waals surface area contributed by atoms with E-state index in [2.05, 4.69) is 10.4 Å². The summed E-state index contributed by atoms with van der Waals surface area (Å²) in [5, 5.41) is 10.3. The molecular formula is C11H15N5O2S. The number of hydrazine groups is 1. The summed E-state index contributed by atoms with van der Waals surface area (Å²) in [6.45, 7) is 3.86. The zero-order valence-electron chi connectivity index (χ0n) is 10.9. The summed E-state index contributed by atoms with van der Waals surface area (Å²) < 4.78 is 23.4. The fraction of sp³-hybridized carbons (Fsp3) is 0.455. The highest BCUT2D eigenvalue weighted by Crippen LogP contribution is 2.31. The van der Waals surface area contributed by atoms with E-state index in [9.17, 15) is 8.42 Å². The molecule has 19 heavy (non-hydrogen) atoms. The van der Waals surface area contributed by atoms with Crippen molar-refractivity contribution in [1.29, 1.82) is 5.26 Å². The minimum absolute atomic E-state index is 0.0381. The number of nitrogens with two attached hydrogens (primary N) is 1. The summed E-state index contributed by atoms with van der Waals surface area (Å²) in [7, 11) is -3.61. The topological polar surface area (TPSA) is 112 Å². The van der Waals surface area contributed by atoms with E-state index in [1.807, 2.05) is 19.9 Å². The van der Waals surface area contributed by atoms with E-state index >= 15 is 0 Å². The number of nitrogens with one attached hydrogen (secondary N) is 1. The fourth-order valence-electron chi connectivity index (χ4n) is 2.11. The molecule has 0 spiro atoms. The number of hydrogen-bond acceptors (Lipinski definition) is 7. The number of rotatable bonds is 1. The summed E-state index contributed by atoms with van der Waals surface area (Å²) in [6, 6.07) is 1.85. The zero-order valence-corrected chi connectivity index (χ0v) is 11.7. The van der Waals surface area contributed by atoms with Gasteiger partial charge in [-0.05, 0) is 18.9 Å². The quantitative estimate of drug-likeness (QED) is 0.698. The molecule has 1 atom stereocenters. The van der Waals surface area contributed by atoms with Gasteiger partial charge >= 0.3 is 0 Å². The van der Waals surface area contributed by atoms with Crippen molar-refractivity contribution in [3.8, 4) is 6.07 Å². The minimum Gasteiger partial charge on any atom is -0.383 e. The molecule has 0 saturated carbocycles. The molecule has 0 aliphatic carbocycles. The molecular weight excluding hydrogens is 266 g/mol. The molecule has 0 aromatic carbocycles. The number of hydrogen-bond donors (Lipinski definition) is 2. The second-order valence-corrected chi connectivity index (χ2v) is 6.42. The zero-order chi connectivity index (χ0) is 14.4. The highest BCUT2D eigenvalue weighted by atomic mass is 32.2. The third kappa shape index (κ3) is 2.01. The molecule has 0 aromatic heterocycles. The Morgan fingerprint density at radius 1 is 1.58 bits per heavy atom. The van der Waals surface area contributed by atoms with Crippen molar-refractivity contribution in [2.75, 3.05) is 6.26 Å². The van der Waals surface area contributed by atoms with Crippen molar-refractivity contribution in [3.05, 3.63) is 22.8 Å². The lowest BCUT2D eigenvalue weighted by atomic mass is 10.1. The van der Waals surface area contributed by atoms with E-state index in [1.54, 1.807) is 0 Å². The van der Waals surface area contributed by atoms with Gasteiger partial charge in [0.05, 0.1) is 6.04 Å². The monoisotopic (exact) mass is 281 g/mol. The van der Waals surface area contributed by atoms with Crippen LogP contribution in [0.4, 0.5) is 0 Å². The lowest BCUT2D eigenvalue weighted by Gasteiger charge is -2.26. The molecule has 3 N–H and O–H groups in total. The highest BCUT2D eigenvalue weighted by Gasteiger charge is 2.37. The first kappa shape index (κ1) is 13.6.